The molecule has 0 radical (unpaired) electrons. The summed E-state index contributed by atoms with van der Waals surface area (Å²) in [6.07, 6.45) is 3.74. The van der Waals surface area contributed by atoms with Crippen LogP contribution in [-0.2, 0) is 0 Å². The van der Waals surface area contributed by atoms with Gasteiger partial charge in [0.15, 0.2) is 5.65 Å². The smallest absolute Gasteiger partial charge is 0.256 e. The first-order chi connectivity index (χ1) is 15.5. The van der Waals surface area contributed by atoms with Gasteiger partial charge < -0.3 is 10.6 Å². The number of nitrogens with zero attached hydrogens (tertiary/aromatic N) is 3. The van der Waals surface area contributed by atoms with Gasteiger partial charge in [0.2, 0.25) is 0 Å². The first-order valence-corrected chi connectivity index (χ1v) is 11.5. The molecule has 32 heavy (non-hydrogen) atoms. The van der Waals surface area contributed by atoms with E-state index in [2.05, 4.69) is 15.7 Å². The van der Waals surface area contributed by atoms with Gasteiger partial charge in [-0.15, -0.1) is 11.3 Å². The van der Waals surface area contributed by atoms with Crippen LogP contribution in [0.3, 0.4) is 0 Å². The van der Waals surface area contributed by atoms with E-state index in [1.807, 2.05) is 36.0 Å². The zero-order valence-electron chi connectivity index (χ0n) is 17.8. The fourth-order valence-electron chi connectivity index (χ4n) is 3.57. The summed E-state index contributed by atoms with van der Waals surface area (Å²) in [6, 6.07) is 13.1. The van der Waals surface area contributed by atoms with E-state index in [9.17, 15) is 9.59 Å². The topological polar surface area (TPSA) is 88.9 Å². The molecule has 3 aromatic heterocycles. The van der Waals surface area contributed by atoms with Crippen LogP contribution in [0.4, 0.5) is 5.69 Å². The number of rotatable bonds is 6. The number of fused-ring (bicyclic) bond motifs is 1. The Morgan fingerprint density at radius 2 is 1.97 bits per heavy atom. The lowest BCUT2D eigenvalue weighted by molar-refractivity contribution is 0.0949. The Morgan fingerprint density at radius 1 is 1.12 bits per heavy atom. The van der Waals surface area contributed by atoms with Gasteiger partial charge >= 0.3 is 0 Å². The summed E-state index contributed by atoms with van der Waals surface area (Å²) >= 11 is 1.57. The number of aromatic nitrogens is 3. The van der Waals surface area contributed by atoms with Crippen LogP contribution in [0.25, 0.3) is 21.6 Å². The summed E-state index contributed by atoms with van der Waals surface area (Å²) in [4.78, 5) is 31.5. The van der Waals surface area contributed by atoms with Gasteiger partial charge in [0, 0.05) is 23.3 Å². The fraction of sp³-hybridized carbons (Fsp3) is 0.250. The second-order valence-electron chi connectivity index (χ2n) is 8.24. The van der Waals surface area contributed by atoms with E-state index in [4.69, 9.17) is 4.98 Å². The molecule has 0 bridgehead atoms. The highest BCUT2D eigenvalue weighted by Crippen LogP contribution is 2.29. The number of hydrogen-bond acceptors (Lipinski definition) is 5. The third-order valence-corrected chi connectivity index (χ3v) is 6.26. The number of pyridine rings is 1. The molecule has 8 heteroatoms. The molecule has 3 heterocycles. The Bertz CT molecular complexity index is 1310. The number of hydrogen-bond donors (Lipinski definition) is 2. The maximum absolute atomic E-state index is 13.3. The molecule has 4 aromatic rings. The zero-order chi connectivity index (χ0) is 22.2. The minimum absolute atomic E-state index is 0.108. The summed E-state index contributed by atoms with van der Waals surface area (Å²) in [5.41, 5.74) is 3.00. The van der Waals surface area contributed by atoms with Crippen molar-refractivity contribution in [3.8, 4) is 10.6 Å². The number of thiophene rings is 1. The fourth-order valence-corrected chi connectivity index (χ4v) is 4.25. The summed E-state index contributed by atoms with van der Waals surface area (Å²) in [5, 5.41) is 13.1. The van der Waals surface area contributed by atoms with Gasteiger partial charge in [-0.05, 0) is 62.4 Å². The number of benzene rings is 1. The number of amides is 2. The standard InChI is InChI=1S/C24H23N5O2S/c1-14(2)29-22-19(13-25-29)18(12-20(28-22)21-7-4-10-32-21)24(31)27-17-6-3-5-15(11-17)23(30)26-16-8-9-16/h3-7,10-14,16H,8-9H2,1-2H3,(H,26,30)(H,27,31). The molecule has 0 unspecified atom stereocenters. The molecule has 0 saturated heterocycles. The van der Waals surface area contributed by atoms with Gasteiger partial charge in [0.05, 0.1) is 27.7 Å². The Morgan fingerprint density at radius 3 is 2.69 bits per heavy atom. The minimum atomic E-state index is -0.265. The molecule has 0 aliphatic heterocycles. The monoisotopic (exact) mass is 445 g/mol. The number of anilines is 1. The van der Waals surface area contributed by atoms with E-state index in [1.165, 1.54) is 0 Å². The second kappa shape index (κ2) is 8.20. The van der Waals surface area contributed by atoms with E-state index in [0.717, 1.165) is 23.4 Å². The maximum atomic E-state index is 13.3. The lowest BCUT2D eigenvalue weighted by Crippen LogP contribution is -2.25. The van der Waals surface area contributed by atoms with Gasteiger partial charge in [0.1, 0.15) is 0 Å². The van der Waals surface area contributed by atoms with Crippen molar-refractivity contribution in [2.45, 2.75) is 38.8 Å². The highest BCUT2D eigenvalue weighted by molar-refractivity contribution is 7.13. The molecule has 162 valence electrons. The average molecular weight is 446 g/mol. The predicted octanol–water partition coefficient (Wildman–Crippen LogP) is 4.89. The van der Waals surface area contributed by atoms with Crippen LogP contribution >= 0.6 is 11.3 Å². The minimum Gasteiger partial charge on any atom is -0.349 e. The van der Waals surface area contributed by atoms with Crippen molar-refractivity contribution in [3.05, 3.63) is 65.2 Å². The van der Waals surface area contributed by atoms with E-state index in [1.54, 1.807) is 47.9 Å². The molecule has 1 aliphatic carbocycles. The van der Waals surface area contributed by atoms with Gasteiger partial charge in [0.25, 0.3) is 11.8 Å². The summed E-state index contributed by atoms with van der Waals surface area (Å²) in [5.74, 6) is -0.383. The molecule has 1 fully saturated rings. The van der Waals surface area contributed by atoms with Crippen molar-refractivity contribution in [2.75, 3.05) is 5.32 Å². The summed E-state index contributed by atoms with van der Waals surface area (Å²) < 4.78 is 1.83. The van der Waals surface area contributed by atoms with Crippen LogP contribution in [0.15, 0.2) is 54.0 Å². The number of nitrogens with one attached hydrogen (secondary N) is 2. The molecule has 1 saturated carbocycles. The van der Waals surface area contributed by atoms with Crippen LogP contribution in [0.2, 0.25) is 0 Å². The third-order valence-electron chi connectivity index (χ3n) is 5.37. The van der Waals surface area contributed by atoms with Gasteiger partial charge in [-0.1, -0.05) is 12.1 Å². The number of carbonyl (C=O) groups excluding carboxylic acids is 2. The quantitative estimate of drug-likeness (QED) is 0.442. The zero-order valence-corrected chi connectivity index (χ0v) is 18.6. The van der Waals surface area contributed by atoms with Crippen molar-refractivity contribution in [1.29, 1.82) is 0 Å². The molecule has 1 aliphatic rings. The molecular formula is C24H23N5O2S. The highest BCUT2D eigenvalue weighted by Gasteiger charge is 2.24. The first kappa shape index (κ1) is 20.4. The maximum Gasteiger partial charge on any atom is 0.256 e. The summed E-state index contributed by atoms with van der Waals surface area (Å²) in [6.45, 7) is 4.06. The lowest BCUT2D eigenvalue weighted by Gasteiger charge is -2.11. The van der Waals surface area contributed by atoms with Crippen LogP contribution in [0.1, 0.15) is 53.4 Å². The van der Waals surface area contributed by atoms with Crippen LogP contribution in [0, 0.1) is 0 Å². The molecule has 2 amide bonds. The van der Waals surface area contributed by atoms with Crippen molar-refractivity contribution >= 4 is 39.9 Å². The van der Waals surface area contributed by atoms with Crippen molar-refractivity contribution in [2.24, 2.45) is 0 Å². The van der Waals surface area contributed by atoms with Gasteiger partial charge in [-0.3, -0.25) is 9.59 Å². The lowest BCUT2D eigenvalue weighted by atomic mass is 10.1. The largest absolute Gasteiger partial charge is 0.349 e. The molecular weight excluding hydrogens is 422 g/mol. The van der Waals surface area contributed by atoms with E-state index >= 15 is 0 Å². The Hall–Kier alpha value is -3.52. The molecule has 0 spiro atoms. The Labute approximate surface area is 189 Å². The van der Waals surface area contributed by atoms with Crippen LogP contribution < -0.4 is 10.6 Å². The van der Waals surface area contributed by atoms with Gasteiger partial charge in [-0.25, -0.2) is 9.67 Å². The van der Waals surface area contributed by atoms with E-state index in [0.29, 0.717) is 27.8 Å². The molecule has 5 rings (SSSR count). The van der Waals surface area contributed by atoms with Crippen molar-refractivity contribution in [3.63, 3.8) is 0 Å². The van der Waals surface area contributed by atoms with E-state index < -0.39 is 0 Å². The normalized spacial score (nSPS) is 13.5. The molecule has 7 nitrogen and oxygen atoms in total. The van der Waals surface area contributed by atoms with Crippen molar-refractivity contribution < 1.29 is 9.59 Å². The average Bonchev–Trinajstić information content (AvgIpc) is 3.26. The second-order valence-corrected chi connectivity index (χ2v) is 9.18. The SMILES string of the molecule is CC(C)n1ncc2c(C(=O)Nc3cccc(C(=O)NC4CC4)c3)cc(-c3cccs3)nc21. The highest BCUT2D eigenvalue weighted by atomic mass is 32.1. The molecule has 2 N–H and O–H groups in total. The molecule has 1 aromatic carbocycles. The third kappa shape index (κ3) is 4.01. The Balaban J connectivity index is 1.50. The summed E-state index contributed by atoms with van der Waals surface area (Å²) in [7, 11) is 0. The van der Waals surface area contributed by atoms with E-state index in [-0.39, 0.29) is 23.9 Å². The van der Waals surface area contributed by atoms with Gasteiger partial charge in [-0.2, -0.15) is 5.10 Å². The molecule has 0 atom stereocenters. The number of carbonyl (C=O) groups is 2. The van der Waals surface area contributed by atoms with Crippen molar-refractivity contribution in [1.82, 2.24) is 20.1 Å². The van der Waals surface area contributed by atoms with Crippen LogP contribution in [0.5, 0.6) is 0 Å². The predicted molar refractivity (Wildman–Crippen MR) is 126 cm³/mol. The van der Waals surface area contributed by atoms with Crippen LogP contribution in [-0.4, -0.2) is 32.6 Å². The first-order valence-electron chi connectivity index (χ1n) is 10.6. The Kier molecular flexibility index (Phi) is 5.22.